The molecule has 0 radical (unpaired) electrons. The van der Waals surface area contributed by atoms with Crippen molar-refractivity contribution in [2.75, 3.05) is 0 Å². The first kappa shape index (κ1) is 12.7. The largest absolute Gasteiger partial charge is 0.481 e. The summed E-state index contributed by atoms with van der Waals surface area (Å²) in [7, 11) is 0. The molecule has 0 saturated carbocycles. The van der Waals surface area contributed by atoms with Gasteiger partial charge >= 0.3 is 5.97 Å². The van der Waals surface area contributed by atoms with Crippen LogP contribution in [0.5, 0.6) is 0 Å². The van der Waals surface area contributed by atoms with E-state index in [1.165, 1.54) is 0 Å². The minimum absolute atomic E-state index is 0.604. The van der Waals surface area contributed by atoms with Gasteiger partial charge in [0.1, 0.15) is 5.92 Å². The lowest BCUT2D eigenvalue weighted by Gasteiger charge is -2.15. The Morgan fingerprint density at radius 3 is 2.28 bits per heavy atom. The summed E-state index contributed by atoms with van der Waals surface area (Å²) < 4.78 is 0. The highest BCUT2D eigenvalue weighted by molar-refractivity contribution is 6.30. The molecule has 0 aliphatic heterocycles. The highest BCUT2D eigenvalue weighted by Gasteiger charge is 2.23. The van der Waals surface area contributed by atoms with Gasteiger partial charge in [0.05, 0.1) is 0 Å². The van der Waals surface area contributed by atoms with Crippen LogP contribution in [0.4, 0.5) is 0 Å². The summed E-state index contributed by atoms with van der Waals surface area (Å²) >= 11 is 5.83. The molecule has 2 nitrogen and oxygen atoms in total. The zero-order chi connectivity index (χ0) is 13.1. The Morgan fingerprint density at radius 1 is 1.11 bits per heavy atom. The summed E-state index contributed by atoms with van der Waals surface area (Å²) in [6.07, 6.45) is 0. The molecule has 1 N–H and O–H groups in total. The zero-order valence-corrected chi connectivity index (χ0v) is 10.7. The number of rotatable bonds is 3. The maximum absolute atomic E-state index is 11.5. The number of hydrogen-bond donors (Lipinski definition) is 1. The average Bonchev–Trinajstić information content (AvgIpc) is 2.34. The van der Waals surface area contributed by atoms with Crippen LogP contribution in [0, 0.1) is 6.92 Å². The molecule has 0 heterocycles. The molecule has 2 aromatic rings. The molecule has 1 atom stereocenters. The van der Waals surface area contributed by atoms with Crippen LogP contribution in [0.15, 0.2) is 48.5 Å². The van der Waals surface area contributed by atoms with Crippen LogP contribution >= 0.6 is 11.6 Å². The topological polar surface area (TPSA) is 37.3 Å². The first-order chi connectivity index (χ1) is 8.59. The van der Waals surface area contributed by atoms with E-state index in [0.717, 1.165) is 16.7 Å². The van der Waals surface area contributed by atoms with Crippen LogP contribution in [0.25, 0.3) is 0 Å². The van der Waals surface area contributed by atoms with Crippen LogP contribution in [0.3, 0.4) is 0 Å². The molecule has 1 unspecified atom stereocenters. The molecule has 0 aliphatic rings. The third-order valence-electron chi connectivity index (χ3n) is 2.95. The number of carbonyl (C=O) groups is 1. The molecule has 0 saturated heterocycles. The smallest absolute Gasteiger partial charge is 0.315 e. The van der Waals surface area contributed by atoms with E-state index in [1.54, 1.807) is 24.3 Å². The molecular formula is C15H13ClO2. The van der Waals surface area contributed by atoms with Crippen molar-refractivity contribution in [3.63, 3.8) is 0 Å². The predicted molar refractivity (Wildman–Crippen MR) is 72.1 cm³/mol. The van der Waals surface area contributed by atoms with E-state index >= 15 is 0 Å². The van der Waals surface area contributed by atoms with Gasteiger partial charge in [-0.15, -0.1) is 0 Å². The number of carboxylic acids is 1. The third-order valence-corrected chi connectivity index (χ3v) is 3.20. The molecule has 3 heteroatoms. The van der Waals surface area contributed by atoms with E-state index < -0.39 is 11.9 Å². The summed E-state index contributed by atoms with van der Waals surface area (Å²) in [6, 6.07) is 14.5. The maximum atomic E-state index is 11.5. The van der Waals surface area contributed by atoms with Crippen LogP contribution < -0.4 is 0 Å². The molecule has 2 rings (SSSR count). The number of benzene rings is 2. The first-order valence-electron chi connectivity index (χ1n) is 5.63. The van der Waals surface area contributed by atoms with E-state index in [0.29, 0.717) is 5.02 Å². The van der Waals surface area contributed by atoms with Gasteiger partial charge in [-0.1, -0.05) is 48.0 Å². The molecule has 18 heavy (non-hydrogen) atoms. The van der Waals surface area contributed by atoms with Crippen molar-refractivity contribution in [2.45, 2.75) is 12.8 Å². The summed E-state index contributed by atoms with van der Waals surface area (Å²) in [4.78, 5) is 11.5. The van der Waals surface area contributed by atoms with Crippen molar-refractivity contribution in [3.8, 4) is 0 Å². The Balaban J connectivity index is 2.50. The van der Waals surface area contributed by atoms with Crippen molar-refractivity contribution in [2.24, 2.45) is 0 Å². The minimum Gasteiger partial charge on any atom is -0.481 e. The molecule has 2 aromatic carbocycles. The van der Waals surface area contributed by atoms with E-state index in [9.17, 15) is 9.90 Å². The van der Waals surface area contributed by atoms with Gasteiger partial charge in [-0.25, -0.2) is 0 Å². The fourth-order valence-corrected chi connectivity index (χ4v) is 2.15. The molecule has 0 aromatic heterocycles. The van der Waals surface area contributed by atoms with Crippen LogP contribution in [0.2, 0.25) is 5.02 Å². The Hall–Kier alpha value is -1.80. The Kier molecular flexibility index (Phi) is 3.68. The molecule has 0 fully saturated rings. The molecule has 0 aliphatic carbocycles. The molecule has 0 bridgehead atoms. The van der Waals surface area contributed by atoms with Crippen LogP contribution in [-0.4, -0.2) is 11.1 Å². The molecule has 0 spiro atoms. The second-order valence-corrected chi connectivity index (χ2v) is 4.62. The van der Waals surface area contributed by atoms with Crippen molar-refractivity contribution >= 4 is 17.6 Å². The fraction of sp³-hybridized carbons (Fsp3) is 0.133. The normalized spacial score (nSPS) is 12.1. The average molecular weight is 261 g/mol. The minimum atomic E-state index is -0.855. The van der Waals surface area contributed by atoms with E-state index in [-0.39, 0.29) is 0 Å². The highest BCUT2D eigenvalue weighted by atomic mass is 35.5. The maximum Gasteiger partial charge on any atom is 0.315 e. The first-order valence-corrected chi connectivity index (χ1v) is 6.01. The number of carboxylic acid groups (broad SMARTS) is 1. The summed E-state index contributed by atoms with van der Waals surface area (Å²) in [5.41, 5.74) is 2.52. The Morgan fingerprint density at radius 2 is 1.72 bits per heavy atom. The molecule has 92 valence electrons. The predicted octanol–water partition coefficient (Wildman–Crippen LogP) is 3.86. The van der Waals surface area contributed by atoms with Gasteiger partial charge in [-0.2, -0.15) is 0 Å². The second-order valence-electron chi connectivity index (χ2n) is 4.18. The zero-order valence-electron chi connectivity index (χ0n) is 9.93. The summed E-state index contributed by atoms with van der Waals surface area (Å²) in [5, 5.41) is 10.0. The van der Waals surface area contributed by atoms with Crippen molar-refractivity contribution < 1.29 is 9.90 Å². The van der Waals surface area contributed by atoms with Gasteiger partial charge in [0.15, 0.2) is 0 Å². The van der Waals surface area contributed by atoms with Crippen molar-refractivity contribution in [3.05, 3.63) is 70.2 Å². The Labute approximate surface area is 111 Å². The summed E-state index contributed by atoms with van der Waals surface area (Å²) in [6.45, 7) is 1.92. The Bertz CT molecular complexity index is 561. The number of aliphatic carboxylic acids is 1. The van der Waals surface area contributed by atoms with Crippen LogP contribution in [-0.2, 0) is 4.79 Å². The van der Waals surface area contributed by atoms with Crippen LogP contribution in [0.1, 0.15) is 22.6 Å². The lowest BCUT2D eigenvalue weighted by molar-refractivity contribution is -0.137. The van der Waals surface area contributed by atoms with E-state index in [4.69, 9.17) is 11.6 Å². The summed E-state index contributed by atoms with van der Waals surface area (Å²) in [5.74, 6) is -1.50. The SMILES string of the molecule is Cc1ccccc1C(C(=O)O)c1ccc(Cl)cc1. The molecular weight excluding hydrogens is 248 g/mol. The highest BCUT2D eigenvalue weighted by Crippen LogP contribution is 2.28. The number of hydrogen-bond acceptors (Lipinski definition) is 1. The van der Waals surface area contributed by atoms with Crippen molar-refractivity contribution in [1.82, 2.24) is 0 Å². The third kappa shape index (κ3) is 2.54. The van der Waals surface area contributed by atoms with Gasteiger partial charge in [-0.3, -0.25) is 4.79 Å². The standard InChI is InChI=1S/C15H13ClO2/c1-10-4-2-3-5-13(10)14(15(17)18)11-6-8-12(16)9-7-11/h2-9,14H,1H3,(H,17,18). The van der Waals surface area contributed by atoms with Crippen molar-refractivity contribution in [1.29, 1.82) is 0 Å². The second kappa shape index (κ2) is 5.23. The van der Waals surface area contributed by atoms with Gasteiger partial charge in [0.25, 0.3) is 0 Å². The molecule has 0 amide bonds. The van der Waals surface area contributed by atoms with Gasteiger partial charge < -0.3 is 5.11 Å². The lowest BCUT2D eigenvalue weighted by Crippen LogP contribution is -2.14. The lowest BCUT2D eigenvalue weighted by atomic mass is 9.89. The number of halogens is 1. The van der Waals surface area contributed by atoms with E-state index in [1.807, 2.05) is 31.2 Å². The van der Waals surface area contributed by atoms with Gasteiger partial charge in [0, 0.05) is 5.02 Å². The van der Waals surface area contributed by atoms with E-state index in [2.05, 4.69) is 0 Å². The quantitative estimate of drug-likeness (QED) is 0.910. The monoisotopic (exact) mass is 260 g/mol. The fourth-order valence-electron chi connectivity index (χ4n) is 2.02. The number of aryl methyl sites for hydroxylation is 1. The van der Waals surface area contributed by atoms with Gasteiger partial charge in [0.2, 0.25) is 0 Å². The van der Waals surface area contributed by atoms with Gasteiger partial charge in [-0.05, 0) is 35.7 Å².